The molecule has 12 nitrogen and oxygen atoms in total. The second kappa shape index (κ2) is 12.1. The van der Waals surface area contributed by atoms with Gasteiger partial charge in [0.15, 0.2) is 0 Å². The molecule has 0 aromatic heterocycles. The van der Waals surface area contributed by atoms with E-state index in [1.165, 1.54) is 0 Å². The van der Waals surface area contributed by atoms with Gasteiger partial charge in [-0.3, -0.25) is 0 Å². The molecule has 5 N–H and O–H groups in total. The van der Waals surface area contributed by atoms with E-state index in [1.807, 2.05) is 0 Å². The van der Waals surface area contributed by atoms with Crippen molar-refractivity contribution < 1.29 is 270 Å². The average Bonchev–Trinajstić information content (AvgIpc) is 0.938. The van der Waals surface area contributed by atoms with Gasteiger partial charge >= 0.3 is 247 Å². The van der Waals surface area contributed by atoms with Crippen LogP contribution in [0.15, 0.2) is 0 Å². The molecule has 0 heterocycles. The molecule has 0 aliphatic rings. The summed E-state index contributed by atoms with van der Waals surface area (Å²) in [5, 5.41) is 0. The Morgan fingerprint density at radius 1 is 0.500 bits per heavy atom. The second-order valence-electron chi connectivity index (χ2n) is 2.04. The van der Waals surface area contributed by atoms with Gasteiger partial charge < -0.3 is 0 Å². The molecule has 0 amide bonds. The minimum atomic E-state index is -9.12. The number of halogens is 2. The van der Waals surface area contributed by atoms with E-state index in [0.29, 0.717) is 0 Å². The monoisotopic (exact) mass is 689 g/mol. The van der Waals surface area contributed by atoms with E-state index in [4.69, 9.17) is 41.2 Å². The third-order valence-corrected chi connectivity index (χ3v) is 0. The Morgan fingerprint density at radius 3 is 0.500 bits per heavy atom. The summed E-state index contributed by atoms with van der Waals surface area (Å²) in [6.45, 7) is 0. The van der Waals surface area contributed by atoms with Crippen LogP contribution < -0.4 is 230 Å². The van der Waals surface area contributed by atoms with Crippen molar-refractivity contribution in [2.75, 3.05) is 0 Å². The van der Waals surface area contributed by atoms with Crippen molar-refractivity contribution in [3.05, 3.63) is 0 Å². The van der Waals surface area contributed by atoms with Crippen LogP contribution in [-0.2, 0) is 22.4 Å². The standard InChI is InChI=1S/Ag.H3IO6.H2IO6.K.4Na/c;2*2-1(3,4,5,6)7;;;;;/h;2-4H;2-3H;;;;;/q;-2;-3;5*+1. The minimum absolute atomic E-state index is 0. The van der Waals surface area contributed by atoms with E-state index >= 15 is 0 Å². The molecule has 0 unspecified atom stereocenters. The molecule has 0 aromatic rings. The molecular formula is H5AgI2KNa4O12. The Balaban J connectivity index is -0.0000000185. The Morgan fingerprint density at radius 2 is 0.500 bits per heavy atom. The zero-order valence-electron chi connectivity index (χ0n) is 11.2. The Kier molecular flexibility index (Phi) is 30.8. The molecule has 0 atom stereocenters. The van der Waals surface area contributed by atoms with Crippen molar-refractivity contribution >= 4 is 0 Å². The predicted octanol–water partition coefficient (Wildman–Crippen LogP) is -32.1. The molecule has 20 heavy (non-hydrogen) atoms. The SMILES string of the molecule is [Ag].[K+].[Na+].[Na+].[Na+].[Na+].[O-][I+]([O-])([O-])(O)(O)O.[O-][I+]([O-])([O-])([O-])(O)O. The summed E-state index contributed by atoms with van der Waals surface area (Å²) in [5.41, 5.74) is 0. The molecule has 1 radical (unpaired) electrons. The van der Waals surface area contributed by atoms with Crippen LogP contribution in [0.2, 0.25) is 0 Å². The van der Waals surface area contributed by atoms with E-state index in [9.17, 15) is 0 Å². The van der Waals surface area contributed by atoms with Gasteiger partial charge in [0.05, 0.1) is 0 Å². The van der Waals surface area contributed by atoms with Gasteiger partial charge in [0.25, 0.3) is 0 Å². The van der Waals surface area contributed by atoms with Gasteiger partial charge in [0, 0.05) is 22.4 Å². The summed E-state index contributed by atoms with van der Waals surface area (Å²) in [6.07, 6.45) is 0. The van der Waals surface area contributed by atoms with Crippen LogP contribution in [-0.4, -0.2) is 17.2 Å². The van der Waals surface area contributed by atoms with Gasteiger partial charge in [0.2, 0.25) is 0 Å². The van der Waals surface area contributed by atoms with E-state index in [-0.39, 0.29) is 192 Å². The van der Waals surface area contributed by atoms with Crippen LogP contribution >= 0.6 is 0 Å². The van der Waals surface area contributed by atoms with E-state index in [1.54, 1.807) is 0 Å². The maximum absolute atomic E-state index is 9.12. The summed E-state index contributed by atoms with van der Waals surface area (Å²) in [7, 11) is 0. The predicted molar refractivity (Wildman–Crippen MR) is 11.1 cm³/mol. The molecule has 20 heteroatoms. The number of rotatable bonds is 0. The van der Waals surface area contributed by atoms with Gasteiger partial charge in [-0.25, -0.2) is 0 Å². The first-order valence-corrected chi connectivity index (χ1v) is 12.9. The molecule has 0 fully saturated rings. The summed E-state index contributed by atoms with van der Waals surface area (Å²) < 4.78 is 97.7. The summed E-state index contributed by atoms with van der Waals surface area (Å²) in [4.78, 5) is 0. The molecule has 0 saturated carbocycles. The van der Waals surface area contributed by atoms with Crippen LogP contribution in [0.25, 0.3) is 0 Å². The Bertz CT molecular complexity index is 181. The first-order chi connectivity index (χ1) is 4.90. The first-order valence-electron chi connectivity index (χ1n) is 1.93. The second-order valence-corrected chi connectivity index (χ2v) is 13.7. The zero-order chi connectivity index (χ0) is 12.8. The topological polar surface area (TPSA) is 263 Å². The quantitative estimate of drug-likeness (QED) is 0.117. The fraction of sp³-hybridized carbons (Fsp3) is 0. The third-order valence-electron chi connectivity index (χ3n) is 0. The fourth-order valence-corrected chi connectivity index (χ4v) is 0. The van der Waals surface area contributed by atoms with Gasteiger partial charge in [0.1, 0.15) is 0 Å². The van der Waals surface area contributed by atoms with Crippen molar-refractivity contribution in [1.82, 2.24) is 0 Å². The van der Waals surface area contributed by atoms with Gasteiger partial charge in [-0.1, -0.05) is 0 Å². The van der Waals surface area contributed by atoms with Crippen LogP contribution in [0.1, 0.15) is 0 Å². The number of hydrogen-bond acceptors (Lipinski definition) is 12. The van der Waals surface area contributed by atoms with Crippen LogP contribution in [0, 0.1) is 0 Å². The summed E-state index contributed by atoms with van der Waals surface area (Å²) in [5.74, 6) is 0. The molecular weight excluding hydrogens is 685 g/mol. The molecule has 0 aromatic carbocycles. The molecule has 0 spiro atoms. The Labute approximate surface area is 262 Å². The average molecular weight is 690 g/mol. The van der Waals surface area contributed by atoms with Crippen molar-refractivity contribution in [2.24, 2.45) is 0 Å². The van der Waals surface area contributed by atoms with Crippen LogP contribution in [0.4, 0.5) is 0 Å². The molecule has 0 aliphatic heterocycles. The fourth-order valence-electron chi connectivity index (χ4n) is 0. The van der Waals surface area contributed by atoms with Gasteiger partial charge in [-0.05, 0) is 0 Å². The normalized spacial score (nSPS) is 16.2. The van der Waals surface area contributed by atoms with Crippen molar-refractivity contribution in [2.45, 2.75) is 0 Å². The molecule has 0 rings (SSSR count). The third kappa shape index (κ3) is 278. The van der Waals surface area contributed by atoms with Gasteiger partial charge in [-0.2, -0.15) is 0 Å². The molecule has 0 aliphatic carbocycles. The van der Waals surface area contributed by atoms with Crippen molar-refractivity contribution in [3.8, 4) is 0 Å². The molecule has 0 saturated heterocycles. The van der Waals surface area contributed by atoms with Crippen LogP contribution in [0.3, 0.4) is 0 Å². The van der Waals surface area contributed by atoms with Gasteiger partial charge in [-0.15, -0.1) is 0 Å². The van der Waals surface area contributed by atoms with E-state index in [2.05, 4.69) is 0 Å². The number of hydrogen-bond donors (Lipinski definition) is 5. The molecule has 107 valence electrons. The molecule has 0 bridgehead atoms. The maximum atomic E-state index is 9.00. The van der Waals surface area contributed by atoms with E-state index in [0.717, 1.165) is 0 Å². The summed E-state index contributed by atoms with van der Waals surface area (Å²) in [6, 6.07) is 0. The van der Waals surface area contributed by atoms with E-state index < -0.39 is 36.3 Å². The van der Waals surface area contributed by atoms with Crippen molar-refractivity contribution in [1.29, 1.82) is 0 Å². The van der Waals surface area contributed by atoms with Crippen molar-refractivity contribution in [3.63, 3.8) is 0 Å². The zero-order valence-corrected chi connectivity index (χ0v) is 28.1. The summed E-state index contributed by atoms with van der Waals surface area (Å²) >= 11 is -18.0. The van der Waals surface area contributed by atoms with Crippen LogP contribution in [0.5, 0.6) is 0 Å². The first kappa shape index (κ1) is 50.7. The Hall–Kier alpha value is 7.36.